The van der Waals surface area contributed by atoms with Crippen LogP contribution < -0.4 is 0 Å². The van der Waals surface area contributed by atoms with Crippen LogP contribution in [-0.2, 0) is 14.3 Å². The third kappa shape index (κ3) is 4.55. The molecule has 0 aliphatic carbocycles. The summed E-state index contributed by atoms with van der Waals surface area (Å²) in [7, 11) is 0. The number of nitrogens with zero attached hydrogens (tertiary/aromatic N) is 1. The maximum atomic E-state index is 11.6. The largest absolute Gasteiger partial charge is 0.466 e. The lowest BCUT2D eigenvalue weighted by atomic mass is 10.0. The van der Waals surface area contributed by atoms with Gasteiger partial charge in [-0.25, -0.2) is 0 Å². The normalized spacial score (nSPS) is 25.7. The lowest BCUT2D eigenvalue weighted by Crippen LogP contribution is -2.55. The molecule has 0 spiro atoms. The Morgan fingerprint density at radius 3 is 2.83 bits per heavy atom. The average Bonchev–Trinajstić information content (AvgIpc) is 2.27. The zero-order chi connectivity index (χ0) is 13.8. The third-order valence-electron chi connectivity index (χ3n) is 2.98. The number of carbonyl (C=O) groups is 1. The number of ether oxygens (including phenoxy) is 2. The van der Waals surface area contributed by atoms with Crippen LogP contribution >= 0.6 is 0 Å². The number of hydrogen-bond acceptors (Lipinski definition) is 5. The Labute approximate surface area is 109 Å². The van der Waals surface area contributed by atoms with Crippen LogP contribution in [-0.4, -0.2) is 60.5 Å². The van der Waals surface area contributed by atoms with Gasteiger partial charge in [0.15, 0.2) is 0 Å². The zero-order valence-corrected chi connectivity index (χ0v) is 11.8. The van der Waals surface area contributed by atoms with Crippen LogP contribution in [0.15, 0.2) is 0 Å². The van der Waals surface area contributed by atoms with Crippen molar-refractivity contribution < 1.29 is 19.4 Å². The van der Waals surface area contributed by atoms with Gasteiger partial charge in [-0.2, -0.15) is 0 Å². The van der Waals surface area contributed by atoms with Crippen molar-refractivity contribution in [2.75, 3.05) is 32.8 Å². The van der Waals surface area contributed by atoms with Gasteiger partial charge in [0.05, 0.1) is 30.8 Å². The molecule has 2 atom stereocenters. The van der Waals surface area contributed by atoms with Crippen LogP contribution in [0.4, 0.5) is 0 Å². The number of aliphatic hydroxyl groups is 1. The third-order valence-corrected chi connectivity index (χ3v) is 2.98. The summed E-state index contributed by atoms with van der Waals surface area (Å²) < 4.78 is 10.7. The summed E-state index contributed by atoms with van der Waals surface area (Å²) in [5.41, 5.74) is -0.292. The summed E-state index contributed by atoms with van der Waals surface area (Å²) in [4.78, 5) is 13.8. The van der Waals surface area contributed by atoms with Gasteiger partial charge >= 0.3 is 5.97 Å². The molecule has 1 heterocycles. The van der Waals surface area contributed by atoms with Gasteiger partial charge in [-0.3, -0.25) is 9.69 Å². The molecule has 0 aromatic carbocycles. The summed E-state index contributed by atoms with van der Waals surface area (Å²) in [6.45, 7) is 10.1. The number of carbonyl (C=O) groups excluding carboxylic acids is 1. The van der Waals surface area contributed by atoms with Gasteiger partial charge in [0.2, 0.25) is 0 Å². The Morgan fingerprint density at radius 1 is 1.61 bits per heavy atom. The lowest BCUT2D eigenvalue weighted by Gasteiger charge is -2.42. The van der Waals surface area contributed by atoms with E-state index in [2.05, 4.69) is 4.90 Å². The lowest BCUT2D eigenvalue weighted by molar-refractivity contribution is -0.159. The molecule has 18 heavy (non-hydrogen) atoms. The number of aliphatic hydroxyl groups excluding tert-OH is 1. The first-order valence-corrected chi connectivity index (χ1v) is 6.55. The maximum absolute atomic E-state index is 11.6. The van der Waals surface area contributed by atoms with Crippen molar-refractivity contribution in [1.82, 2.24) is 4.90 Å². The molecule has 1 N–H and O–H groups in total. The topological polar surface area (TPSA) is 59.0 Å². The molecule has 1 saturated heterocycles. The van der Waals surface area contributed by atoms with Crippen molar-refractivity contribution in [2.24, 2.45) is 5.92 Å². The van der Waals surface area contributed by atoms with Crippen LogP contribution in [0, 0.1) is 5.92 Å². The Balaban J connectivity index is 2.52. The highest BCUT2D eigenvalue weighted by Gasteiger charge is 2.34. The first-order chi connectivity index (χ1) is 8.38. The van der Waals surface area contributed by atoms with Crippen molar-refractivity contribution in [1.29, 1.82) is 0 Å². The summed E-state index contributed by atoms with van der Waals surface area (Å²) >= 11 is 0. The molecule has 2 unspecified atom stereocenters. The predicted octanol–water partition coefficient (Wildman–Crippen LogP) is 0.657. The highest BCUT2D eigenvalue weighted by atomic mass is 16.5. The van der Waals surface area contributed by atoms with E-state index in [4.69, 9.17) is 9.47 Å². The Bertz CT molecular complexity index is 280. The van der Waals surface area contributed by atoms with E-state index in [-0.39, 0.29) is 30.2 Å². The van der Waals surface area contributed by atoms with Gasteiger partial charge in [-0.1, -0.05) is 6.92 Å². The second kappa shape index (κ2) is 6.50. The molecule has 0 amide bonds. The van der Waals surface area contributed by atoms with E-state index < -0.39 is 0 Å². The Hall–Kier alpha value is -0.650. The molecule has 106 valence electrons. The fourth-order valence-electron chi connectivity index (χ4n) is 2.40. The van der Waals surface area contributed by atoms with Crippen molar-refractivity contribution in [3.63, 3.8) is 0 Å². The van der Waals surface area contributed by atoms with E-state index in [1.807, 2.05) is 27.7 Å². The van der Waals surface area contributed by atoms with Crippen LogP contribution in [0.25, 0.3) is 0 Å². The number of hydrogen-bond donors (Lipinski definition) is 1. The first-order valence-electron chi connectivity index (χ1n) is 6.55. The smallest absolute Gasteiger partial charge is 0.309 e. The molecule has 5 heteroatoms. The van der Waals surface area contributed by atoms with Gasteiger partial charge in [0.1, 0.15) is 0 Å². The average molecular weight is 259 g/mol. The van der Waals surface area contributed by atoms with Gasteiger partial charge in [0, 0.05) is 19.6 Å². The predicted molar refractivity (Wildman–Crippen MR) is 68.3 cm³/mol. The van der Waals surface area contributed by atoms with E-state index in [1.54, 1.807) is 0 Å². The van der Waals surface area contributed by atoms with Crippen molar-refractivity contribution in [3.8, 4) is 0 Å². The van der Waals surface area contributed by atoms with E-state index in [1.165, 1.54) is 0 Å². The van der Waals surface area contributed by atoms with Gasteiger partial charge in [-0.15, -0.1) is 0 Å². The molecule has 0 radical (unpaired) electrons. The monoisotopic (exact) mass is 259 g/mol. The first kappa shape index (κ1) is 15.4. The molecule has 1 aliphatic rings. The molecule has 0 aromatic rings. The summed E-state index contributed by atoms with van der Waals surface area (Å²) in [5.74, 6) is -0.319. The van der Waals surface area contributed by atoms with Crippen LogP contribution in [0.5, 0.6) is 0 Å². The highest BCUT2D eigenvalue weighted by molar-refractivity contribution is 5.72. The minimum absolute atomic E-state index is 0.00766. The van der Waals surface area contributed by atoms with E-state index in [0.29, 0.717) is 19.7 Å². The van der Waals surface area contributed by atoms with Crippen molar-refractivity contribution >= 4 is 5.97 Å². The van der Waals surface area contributed by atoms with Crippen LogP contribution in [0.2, 0.25) is 0 Å². The molecule has 0 aromatic heterocycles. The van der Waals surface area contributed by atoms with Crippen LogP contribution in [0.3, 0.4) is 0 Å². The Morgan fingerprint density at radius 2 is 2.28 bits per heavy atom. The van der Waals surface area contributed by atoms with E-state index >= 15 is 0 Å². The highest BCUT2D eigenvalue weighted by Crippen LogP contribution is 2.21. The van der Waals surface area contributed by atoms with E-state index in [9.17, 15) is 9.90 Å². The van der Waals surface area contributed by atoms with Crippen molar-refractivity contribution in [3.05, 3.63) is 0 Å². The van der Waals surface area contributed by atoms with Gasteiger partial charge < -0.3 is 14.6 Å². The SMILES string of the molecule is CCOC(=O)C(C)CN1CC(CO)OC(C)(C)C1. The molecule has 1 rings (SSSR count). The fraction of sp³-hybridized carbons (Fsp3) is 0.923. The molecule has 5 nitrogen and oxygen atoms in total. The summed E-state index contributed by atoms with van der Waals surface area (Å²) in [6, 6.07) is 0. The fourth-order valence-corrected chi connectivity index (χ4v) is 2.40. The molecule has 1 fully saturated rings. The second-order valence-corrected chi connectivity index (χ2v) is 5.53. The standard InChI is InChI=1S/C13H25NO4/c1-5-17-12(16)10(2)6-14-7-11(8-15)18-13(3,4)9-14/h10-11,15H,5-9H2,1-4H3. The summed E-state index contributed by atoms with van der Waals surface area (Å²) in [6.07, 6.45) is -0.178. The maximum Gasteiger partial charge on any atom is 0.309 e. The van der Waals surface area contributed by atoms with Gasteiger partial charge in [-0.05, 0) is 20.8 Å². The van der Waals surface area contributed by atoms with Crippen molar-refractivity contribution in [2.45, 2.75) is 39.4 Å². The zero-order valence-electron chi connectivity index (χ0n) is 11.8. The quantitative estimate of drug-likeness (QED) is 0.735. The van der Waals surface area contributed by atoms with E-state index in [0.717, 1.165) is 6.54 Å². The molecular weight excluding hydrogens is 234 g/mol. The number of rotatable bonds is 5. The number of morpholine rings is 1. The second-order valence-electron chi connectivity index (χ2n) is 5.53. The summed E-state index contributed by atoms with van der Waals surface area (Å²) in [5, 5.41) is 9.23. The number of esters is 1. The molecule has 0 saturated carbocycles. The Kier molecular flexibility index (Phi) is 5.56. The molecule has 0 bridgehead atoms. The van der Waals surface area contributed by atoms with Gasteiger partial charge in [0.25, 0.3) is 0 Å². The minimum atomic E-state index is -0.292. The van der Waals surface area contributed by atoms with Crippen LogP contribution in [0.1, 0.15) is 27.7 Å². The minimum Gasteiger partial charge on any atom is -0.466 e. The molecule has 1 aliphatic heterocycles. The molecular formula is C13H25NO4.